The van der Waals surface area contributed by atoms with Gasteiger partial charge in [-0.3, -0.25) is 14.6 Å². The average molecular weight is 276 g/mol. The van der Waals surface area contributed by atoms with Gasteiger partial charge in [0, 0.05) is 25.0 Å². The van der Waals surface area contributed by atoms with Crippen molar-refractivity contribution in [1.82, 2.24) is 9.88 Å². The van der Waals surface area contributed by atoms with Gasteiger partial charge in [0.1, 0.15) is 0 Å². The van der Waals surface area contributed by atoms with Crippen LogP contribution in [0.4, 0.5) is 0 Å². The summed E-state index contributed by atoms with van der Waals surface area (Å²) in [6.45, 7) is 4.13. The number of aromatic nitrogens is 1. The molecule has 1 amide bonds. The highest BCUT2D eigenvalue weighted by atomic mass is 16.4. The third-order valence-corrected chi connectivity index (χ3v) is 4.07. The van der Waals surface area contributed by atoms with Crippen LogP contribution in [0.15, 0.2) is 24.5 Å². The van der Waals surface area contributed by atoms with E-state index in [2.05, 4.69) is 4.98 Å². The van der Waals surface area contributed by atoms with Gasteiger partial charge in [0.15, 0.2) is 0 Å². The normalized spacial score (nSPS) is 24.2. The standard InChI is InChI=1S/C15H20N2O3/c1-10-5-6-13(15(19)20)9-17(10)14(18)11(2)12-4-3-7-16-8-12/h3-4,7-8,10-11,13H,5-6,9H2,1-2H3,(H,19,20). The maximum Gasteiger partial charge on any atom is 0.308 e. The zero-order valence-corrected chi connectivity index (χ0v) is 11.8. The monoisotopic (exact) mass is 276 g/mol. The molecular weight excluding hydrogens is 256 g/mol. The van der Waals surface area contributed by atoms with E-state index < -0.39 is 11.9 Å². The number of aliphatic carboxylic acids is 1. The molecule has 1 aromatic rings. The molecule has 1 N–H and O–H groups in total. The summed E-state index contributed by atoms with van der Waals surface area (Å²) in [5.74, 6) is -1.57. The summed E-state index contributed by atoms with van der Waals surface area (Å²) in [6.07, 6.45) is 4.74. The molecular formula is C15H20N2O3. The number of hydrogen-bond donors (Lipinski definition) is 1. The van der Waals surface area contributed by atoms with Crippen molar-refractivity contribution in [2.45, 2.75) is 38.6 Å². The summed E-state index contributed by atoms with van der Waals surface area (Å²) >= 11 is 0. The number of nitrogens with zero attached hydrogens (tertiary/aromatic N) is 2. The molecule has 5 nitrogen and oxygen atoms in total. The maximum atomic E-state index is 12.6. The highest BCUT2D eigenvalue weighted by Gasteiger charge is 2.34. The Kier molecular flexibility index (Phi) is 4.37. The van der Waals surface area contributed by atoms with Crippen LogP contribution >= 0.6 is 0 Å². The highest BCUT2D eigenvalue weighted by molar-refractivity contribution is 5.84. The van der Waals surface area contributed by atoms with Gasteiger partial charge in [0.2, 0.25) is 5.91 Å². The lowest BCUT2D eigenvalue weighted by Crippen LogP contribution is -2.48. The van der Waals surface area contributed by atoms with E-state index in [0.29, 0.717) is 13.0 Å². The largest absolute Gasteiger partial charge is 0.481 e. The van der Waals surface area contributed by atoms with Crippen LogP contribution in [-0.4, -0.2) is 39.5 Å². The Balaban J connectivity index is 2.12. The molecule has 1 aromatic heterocycles. The van der Waals surface area contributed by atoms with Crippen molar-refractivity contribution in [2.24, 2.45) is 5.92 Å². The number of piperidine rings is 1. The van der Waals surface area contributed by atoms with E-state index in [0.717, 1.165) is 12.0 Å². The first kappa shape index (κ1) is 14.5. The van der Waals surface area contributed by atoms with Gasteiger partial charge in [-0.05, 0) is 38.3 Å². The molecule has 1 fully saturated rings. The second kappa shape index (κ2) is 6.03. The number of carbonyl (C=O) groups excluding carboxylic acids is 1. The number of pyridine rings is 1. The summed E-state index contributed by atoms with van der Waals surface area (Å²) in [4.78, 5) is 29.4. The van der Waals surface area contributed by atoms with Gasteiger partial charge >= 0.3 is 5.97 Å². The van der Waals surface area contributed by atoms with E-state index in [-0.39, 0.29) is 17.9 Å². The van der Waals surface area contributed by atoms with Crippen molar-refractivity contribution in [1.29, 1.82) is 0 Å². The van der Waals surface area contributed by atoms with Crippen LogP contribution in [-0.2, 0) is 9.59 Å². The van der Waals surface area contributed by atoms with Crippen molar-refractivity contribution in [3.05, 3.63) is 30.1 Å². The first-order valence-electron chi connectivity index (χ1n) is 6.94. The smallest absolute Gasteiger partial charge is 0.308 e. The summed E-state index contributed by atoms with van der Waals surface area (Å²) in [7, 11) is 0. The Morgan fingerprint density at radius 1 is 1.45 bits per heavy atom. The molecule has 1 aliphatic rings. The molecule has 1 aliphatic heterocycles. The molecule has 1 saturated heterocycles. The molecule has 2 heterocycles. The zero-order valence-electron chi connectivity index (χ0n) is 11.8. The van der Waals surface area contributed by atoms with Crippen LogP contribution < -0.4 is 0 Å². The highest BCUT2D eigenvalue weighted by Crippen LogP contribution is 2.26. The summed E-state index contributed by atoms with van der Waals surface area (Å²) in [5, 5.41) is 9.13. The third kappa shape index (κ3) is 2.98. The van der Waals surface area contributed by atoms with Crippen molar-refractivity contribution >= 4 is 11.9 Å². The van der Waals surface area contributed by atoms with E-state index in [9.17, 15) is 9.59 Å². The van der Waals surface area contributed by atoms with Crippen molar-refractivity contribution < 1.29 is 14.7 Å². The fraction of sp³-hybridized carbons (Fsp3) is 0.533. The molecule has 0 aromatic carbocycles. The summed E-state index contributed by atoms with van der Waals surface area (Å²) in [6, 6.07) is 3.77. The number of carbonyl (C=O) groups is 2. The average Bonchev–Trinajstić information content (AvgIpc) is 2.47. The second-order valence-corrected chi connectivity index (χ2v) is 5.46. The van der Waals surface area contributed by atoms with Crippen LogP contribution in [0.25, 0.3) is 0 Å². The maximum absolute atomic E-state index is 12.6. The Hall–Kier alpha value is -1.91. The van der Waals surface area contributed by atoms with E-state index >= 15 is 0 Å². The van der Waals surface area contributed by atoms with Crippen LogP contribution in [0.1, 0.15) is 38.2 Å². The molecule has 0 spiro atoms. The molecule has 108 valence electrons. The predicted molar refractivity (Wildman–Crippen MR) is 74.2 cm³/mol. The topological polar surface area (TPSA) is 70.5 Å². The van der Waals surface area contributed by atoms with E-state index in [1.54, 1.807) is 23.4 Å². The number of likely N-dealkylation sites (tertiary alicyclic amines) is 1. The summed E-state index contributed by atoms with van der Waals surface area (Å²) < 4.78 is 0. The number of carboxylic acid groups (broad SMARTS) is 1. The number of rotatable bonds is 3. The van der Waals surface area contributed by atoms with Crippen LogP contribution in [0.3, 0.4) is 0 Å². The van der Waals surface area contributed by atoms with Gasteiger partial charge in [0.05, 0.1) is 11.8 Å². The lowest BCUT2D eigenvalue weighted by atomic mass is 9.91. The number of amides is 1. The number of hydrogen-bond acceptors (Lipinski definition) is 3. The van der Waals surface area contributed by atoms with Crippen LogP contribution in [0.5, 0.6) is 0 Å². The minimum atomic E-state index is -0.816. The molecule has 0 bridgehead atoms. The van der Waals surface area contributed by atoms with E-state index in [1.807, 2.05) is 19.9 Å². The van der Waals surface area contributed by atoms with Gasteiger partial charge in [-0.1, -0.05) is 6.07 Å². The molecule has 0 radical (unpaired) electrons. The lowest BCUT2D eigenvalue weighted by Gasteiger charge is -2.38. The van der Waals surface area contributed by atoms with Gasteiger partial charge in [0.25, 0.3) is 0 Å². The Morgan fingerprint density at radius 3 is 2.80 bits per heavy atom. The Bertz CT molecular complexity index is 489. The van der Waals surface area contributed by atoms with Crippen LogP contribution in [0, 0.1) is 5.92 Å². The fourth-order valence-corrected chi connectivity index (χ4v) is 2.64. The van der Waals surface area contributed by atoms with Gasteiger partial charge < -0.3 is 10.0 Å². The zero-order chi connectivity index (χ0) is 14.7. The SMILES string of the molecule is CC(C(=O)N1CC(C(=O)O)CCC1C)c1cccnc1. The molecule has 5 heteroatoms. The third-order valence-electron chi connectivity index (χ3n) is 4.07. The van der Waals surface area contributed by atoms with Crippen molar-refractivity contribution in [3.63, 3.8) is 0 Å². The molecule has 20 heavy (non-hydrogen) atoms. The minimum absolute atomic E-state index is 0.0172. The van der Waals surface area contributed by atoms with Gasteiger partial charge in [-0.25, -0.2) is 0 Å². The van der Waals surface area contributed by atoms with Gasteiger partial charge in [-0.15, -0.1) is 0 Å². The Morgan fingerprint density at radius 2 is 2.20 bits per heavy atom. The summed E-state index contributed by atoms with van der Waals surface area (Å²) in [5.41, 5.74) is 0.863. The van der Waals surface area contributed by atoms with Crippen LogP contribution in [0.2, 0.25) is 0 Å². The molecule has 2 rings (SSSR count). The van der Waals surface area contributed by atoms with Crippen molar-refractivity contribution in [2.75, 3.05) is 6.54 Å². The minimum Gasteiger partial charge on any atom is -0.481 e. The van der Waals surface area contributed by atoms with Crippen molar-refractivity contribution in [3.8, 4) is 0 Å². The number of carboxylic acids is 1. The molecule has 3 unspecified atom stereocenters. The van der Waals surface area contributed by atoms with Gasteiger partial charge in [-0.2, -0.15) is 0 Å². The Labute approximate surface area is 118 Å². The molecule has 0 saturated carbocycles. The lowest BCUT2D eigenvalue weighted by molar-refractivity contribution is -0.147. The first-order chi connectivity index (χ1) is 9.50. The first-order valence-corrected chi connectivity index (χ1v) is 6.94. The molecule has 3 atom stereocenters. The van der Waals surface area contributed by atoms with E-state index in [1.165, 1.54) is 0 Å². The van der Waals surface area contributed by atoms with E-state index in [4.69, 9.17) is 5.11 Å². The second-order valence-electron chi connectivity index (χ2n) is 5.46. The predicted octanol–water partition coefficient (Wildman–Crippen LogP) is 1.90. The fourth-order valence-electron chi connectivity index (χ4n) is 2.64. The quantitative estimate of drug-likeness (QED) is 0.915. The molecule has 0 aliphatic carbocycles.